The summed E-state index contributed by atoms with van der Waals surface area (Å²) in [5.74, 6) is 0.986. The molecule has 0 unspecified atom stereocenters. The van der Waals surface area contributed by atoms with Gasteiger partial charge in [0.05, 0.1) is 29.7 Å². The highest BCUT2D eigenvalue weighted by Gasteiger charge is 2.21. The number of carbonyl (C=O) groups is 2. The Kier molecular flexibility index (Phi) is 5.16. The topological polar surface area (TPSA) is 82.8 Å². The van der Waals surface area contributed by atoms with Gasteiger partial charge in [0.2, 0.25) is 5.91 Å². The Hall–Kier alpha value is -3.42. The Bertz CT molecular complexity index is 1040. The van der Waals surface area contributed by atoms with Crippen molar-refractivity contribution in [1.82, 2.24) is 24.6 Å². The molecule has 1 N–H and O–H groups in total. The minimum Gasteiger partial charge on any atom is -0.354 e. The summed E-state index contributed by atoms with van der Waals surface area (Å²) in [5, 5.41) is 2.90. The van der Waals surface area contributed by atoms with Crippen molar-refractivity contribution >= 4 is 23.1 Å². The Morgan fingerprint density at radius 1 is 1.03 bits per heavy atom. The van der Waals surface area contributed by atoms with Gasteiger partial charge < -0.3 is 19.5 Å². The van der Waals surface area contributed by atoms with Crippen LogP contribution in [0.25, 0.3) is 5.52 Å². The van der Waals surface area contributed by atoms with Crippen LogP contribution in [-0.2, 0) is 11.3 Å². The maximum Gasteiger partial charge on any atom is 0.253 e. The molecule has 0 atom stereocenters. The molecule has 1 aliphatic rings. The highest BCUT2D eigenvalue weighted by molar-refractivity contribution is 5.94. The molecule has 0 bridgehead atoms. The van der Waals surface area contributed by atoms with Crippen molar-refractivity contribution in [2.24, 2.45) is 0 Å². The average Bonchev–Trinajstić information content (AvgIpc) is 3.16. The lowest BCUT2D eigenvalue weighted by Crippen LogP contribution is -2.48. The molecule has 0 saturated carbocycles. The average molecular weight is 392 g/mol. The second-order valence-electron chi connectivity index (χ2n) is 7.23. The first kappa shape index (κ1) is 18.9. The molecule has 2 amide bonds. The van der Waals surface area contributed by atoms with E-state index in [1.807, 2.05) is 40.6 Å². The largest absolute Gasteiger partial charge is 0.354 e. The molecule has 1 fully saturated rings. The smallest absolute Gasteiger partial charge is 0.253 e. The first-order valence-corrected chi connectivity index (χ1v) is 9.68. The number of hydrogen-bond acceptors (Lipinski definition) is 5. The van der Waals surface area contributed by atoms with E-state index in [-0.39, 0.29) is 11.8 Å². The van der Waals surface area contributed by atoms with Gasteiger partial charge in [-0.05, 0) is 31.2 Å². The van der Waals surface area contributed by atoms with Gasteiger partial charge in [-0.1, -0.05) is 0 Å². The molecule has 1 aliphatic heterocycles. The van der Waals surface area contributed by atoms with Crippen molar-refractivity contribution < 1.29 is 9.59 Å². The number of rotatable bonds is 4. The number of piperazine rings is 1. The molecular formula is C21H24N6O2. The number of aryl methyl sites for hydroxylation is 1. The SMILES string of the molecule is CC(=O)N1CCN(c2ccc3ccc(C(=O)NCc4cnc(C)cn4)cn23)CC1. The van der Waals surface area contributed by atoms with Crippen LogP contribution in [0.3, 0.4) is 0 Å². The van der Waals surface area contributed by atoms with Gasteiger partial charge in [-0.2, -0.15) is 0 Å². The zero-order valence-electron chi connectivity index (χ0n) is 16.6. The molecule has 1 saturated heterocycles. The molecule has 150 valence electrons. The Morgan fingerprint density at radius 2 is 1.79 bits per heavy atom. The fourth-order valence-electron chi connectivity index (χ4n) is 3.51. The van der Waals surface area contributed by atoms with Crippen molar-refractivity contribution in [3.8, 4) is 0 Å². The summed E-state index contributed by atoms with van der Waals surface area (Å²) in [7, 11) is 0. The van der Waals surface area contributed by atoms with Gasteiger partial charge in [-0.25, -0.2) is 0 Å². The minimum atomic E-state index is -0.157. The van der Waals surface area contributed by atoms with E-state index < -0.39 is 0 Å². The predicted octanol–water partition coefficient (Wildman–Crippen LogP) is 1.64. The molecule has 0 radical (unpaired) electrons. The van der Waals surface area contributed by atoms with Crippen LogP contribution in [0, 0.1) is 6.92 Å². The number of amides is 2. The maximum atomic E-state index is 12.6. The molecular weight excluding hydrogens is 368 g/mol. The summed E-state index contributed by atoms with van der Waals surface area (Å²) in [5.41, 5.74) is 3.16. The highest BCUT2D eigenvalue weighted by Crippen LogP contribution is 2.22. The highest BCUT2D eigenvalue weighted by atomic mass is 16.2. The molecule has 8 nitrogen and oxygen atoms in total. The standard InChI is InChI=1S/C21H24N6O2/c1-15-11-23-18(12-22-15)13-24-21(29)17-3-4-19-5-6-20(27(19)14-17)26-9-7-25(8-10-26)16(2)28/h3-6,11-12,14H,7-10,13H2,1-2H3,(H,24,29). The van der Waals surface area contributed by atoms with Crippen molar-refractivity contribution in [1.29, 1.82) is 0 Å². The predicted molar refractivity (Wildman–Crippen MR) is 110 cm³/mol. The van der Waals surface area contributed by atoms with Crippen LogP contribution in [0.1, 0.15) is 28.7 Å². The minimum absolute atomic E-state index is 0.113. The van der Waals surface area contributed by atoms with Crippen molar-refractivity contribution in [3.63, 3.8) is 0 Å². The molecule has 0 aromatic carbocycles. The van der Waals surface area contributed by atoms with E-state index in [0.717, 1.165) is 35.8 Å². The fourth-order valence-corrected chi connectivity index (χ4v) is 3.51. The molecule has 4 rings (SSSR count). The summed E-state index contributed by atoms with van der Waals surface area (Å²) >= 11 is 0. The summed E-state index contributed by atoms with van der Waals surface area (Å²) in [6.07, 6.45) is 5.22. The van der Waals surface area contributed by atoms with Crippen LogP contribution < -0.4 is 10.2 Å². The molecule has 4 heterocycles. The van der Waals surface area contributed by atoms with Crippen molar-refractivity contribution in [3.05, 3.63) is 59.8 Å². The molecule has 3 aromatic heterocycles. The third kappa shape index (κ3) is 4.06. The van der Waals surface area contributed by atoms with E-state index >= 15 is 0 Å². The monoisotopic (exact) mass is 392 g/mol. The zero-order chi connectivity index (χ0) is 20.4. The van der Waals surface area contributed by atoms with Crippen LogP contribution in [0.2, 0.25) is 0 Å². The van der Waals surface area contributed by atoms with Gasteiger partial charge >= 0.3 is 0 Å². The second-order valence-corrected chi connectivity index (χ2v) is 7.23. The number of carbonyl (C=O) groups excluding carboxylic acids is 2. The summed E-state index contributed by atoms with van der Waals surface area (Å²) < 4.78 is 2.03. The fraction of sp³-hybridized carbons (Fsp3) is 0.333. The Morgan fingerprint density at radius 3 is 2.48 bits per heavy atom. The molecule has 0 spiro atoms. The number of hydrogen-bond donors (Lipinski definition) is 1. The molecule has 8 heteroatoms. The van der Waals surface area contributed by atoms with Crippen LogP contribution >= 0.6 is 0 Å². The lowest BCUT2D eigenvalue weighted by Gasteiger charge is -2.35. The summed E-state index contributed by atoms with van der Waals surface area (Å²) in [4.78, 5) is 36.7. The second kappa shape index (κ2) is 7.90. The Labute approximate surface area is 169 Å². The number of anilines is 1. The van der Waals surface area contributed by atoms with E-state index in [1.54, 1.807) is 19.3 Å². The quantitative estimate of drug-likeness (QED) is 0.730. The van der Waals surface area contributed by atoms with E-state index in [9.17, 15) is 9.59 Å². The maximum absolute atomic E-state index is 12.6. The molecule has 3 aromatic rings. The third-order valence-electron chi connectivity index (χ3n) is 5.21. The van der Waals surface area contributed by atoms with Crippen molar-refractivity contribution in [2.75, 3.05) is 31.1 Å². The van der Waals surface area contributed by atoms with E-state index in [1.165, 1.54) is 0 Å². The summed E-state index contributed by atoms with van der Waals surface area (Å²) in [6, 6.07) is 7.86. The van der Waals surface area contributed by atoms with Crippen LogP contribution in [0.4, 0.5) is 5.82 Å². The van der Waals surface area contributed by atoms with Gasteiger partial charge in [0.15, 0.2) is 0 Å². The van der Waals surface area contributed by atoms with Gasteiger partial charge in [0, 0.05) is 51.0 Å². The number of nitrogens with zero attached hydrogens (tertiary/aromatic N) is 5. The van der Waals surface area contributed by atoms with E-state index in [0.29, 0.717) is 25.2 Å². The van der Waals surface area contributed by atoms with Crippen LogP contribution in [0.15, 0.2) is 42.9 Å². The van der Waals surface area contributed by atoms with Crippen molar-refractivity contribution in [2.45, 2.75) is 20.4 Å². The van der Waals surface area contributed by atoms with Gasteiger partial charge in [-0.15, -0.1) is 0 Å². The number of pyridine rings is 1. The lowest BCUT2D eigenvalue weighted by molar-refractivity contribution is -0.129. The summed E-state index contributed by atoms with van der Waals surface area (Å²) in [6.45, 7) is 6.77. The third-order valence-corrected chi connectivity index (χ3v) is 5.21. The first-order valence-electron chi connectivity index (χ1n) is 9.68. The Balaban J connectivity index is 1.48. The lowest BCUT2D eigenvalue weighted by atomic mass is 10.2. The number of nitrogens with one attached hydrogen (secondary N) is 1. The first-order chi connectivity index (χ1) is 14.0. The van der Waals surface area contributed by atoms with Gasteiger partial charge in [0.1, 0.15) is 5.82 Å². The van der Waals surface area contributed by atoms with E-state index in [2.05, 4.69) is 26.3 Å². The molecule has 0 aliphatic carbocycles. The number of aromatic nitrogens is 3. The van der Waals surface area contributed by atoms with Crippen LogP contribution in [0.5, 0.6) is 0 Å². The zero-order valence-corrected chi connectivity index (χ0v) is 16.6. The van der Waals surface area contributed by atoms with E-state index in [4.69, 9.17) is 0 Å². The number of fused-ring (bicyclic) bond motifs is 1. The van der Waals surface area contributed by atoms with Gasteiger partial charge in [-0.3, -0.25) is 19.6 Å². The normalized spacial score (nSPS) is 14.3. The van der Waals surface area contributed by atoms with Crippen LogP contribution in [-0.4, -0.2) is 57.3 Å². The van der Waals surface area contributed by atoms with Gasteiger partial charge in [0.25, 0.3) is 5.91 Å². The molecule has 29 heavy (non-hydrogen) atoms.